The highest BCUT2D eigenvalue weighted by Gasteiger charge is 2.50. The molecule has 0 bridgehead atoms. The first kappa shape index (κ1) is 20.6. The van der Waals surface area contributed by atoms with Crippen LogP contribution >= 0.6 is 0 Å². The fraction of sp³-hybridized carbons (Fsp3) is 0.360. The molecule has 3 heterocycles. The first-order valence-corrected chi connectivity index (χ1v) is 11.2. The predicted molar refractivity (Wildman–Crippen MR) is 128 cm³/mol. The zero-order valence-corrected chi connectivity index (χ0v) is 18.5. The second-order valence-electron chi connectivity index (χ2n) is 8.79. The first-order chi connectivity index (χ1) is 15.5. The first-order valence-electron chi connectivity index (χ1n) is 11.2. The number of benzene rings is 2. The van der Waals surface area contributed by atoms with Gasteiger partial charge in [-0.1, -0.05) is 36.9 Å². The van der Waals surface area contributed by atoms with E-state index in [-0.39, 0.29) is 11.6 Å². The normalized spacial score (nSPS) is 18.4. The summed E-state index contributed by atoms with van der Waals surface area (Å²) in [5.41, 5.74) is 3.10. The van der Waals surface area contributed by atoms with Crippen molar-refractivity contribution in [2.24, 2.45) is 0 Å². The van der Waals surface area contributed by atoms with Gasteiger partial charge in [-0.05, 0) is 44.0 Å². The molecule has 0 aliphatic carbocycles. The smallest absolute Gasteiger partial charge is 0.333 e. The van der Waals surface area contributed by atoms with Gasteiger partial charge in [0.2, 0.25) is 5.91 Å². The Morgan fingerprint density at radius 2 is 1.62 bits per heavy atom. The number of anilines is 1. The number of imidazole rings is 1. The maximum atomic E-state index is 13.0. The molecule has 2 aliphatic heterocycles. The largest absolute Gasteiger partial charge is 0.339 e. The van der Waals surface area contributed by atoms with Gasteiger partial charge in [-0.2, -0.15) is 0 Å². The van der Waals surface area contributed by atoms with Crippen LogP contribution in [0, 0.1) is 0 Å². The van der Waals surface area contributed by atoms with E-state index in [1.165, 1.54) is 0 Å². The Hall–Kier alpha value is -3.32. The number of aromatic nitrogens is 2. The number of hydrogen-bond acceptors (Lipinski definition) is 4. The molecular formula is C25H29N5O2. The monoisotopic (exact) mass is 431 g/mol. The highest BCUT2D eigenvalue weighted by molar-refractivity contribution is 5.93. The van der Waals surface area contributed by atoms with E-state index in [2.05, 4.69) is 33.8 Å². The van der Waals surface area contributed by atoms with Gasteiger partial charge < -0.3 is 15.1 Å². The van der Waals surface area contributed by atoms with E-state index in [4.69, 9.17) is 0 Å². The van der Waals surface area contributed by atoms with Gasteiger partial charge in [-0.25, -0.2) is 4.79 Å². The number of nitrogens with one attached hydrogen (secondary N) is 1. The van der Waals surface area contributed by atoms with Crippen LogP contribution in [0.1, 0.15) is 19.8 Å². The lowest BCUT2D eigenvalue weighted by atomic mass is 9.85. The minimum absolute atomic E-state index is 0.0439. The van der Waals surface area contributed by atoms with Crippen molar-refractivity contribution in [1.82, 2.24) is 19.4 Å². The standard InChI is InChI=1S/C25H29N5O2/c1-19(2)30-22-11-7-6-10-21(22)28(24(30)32)17-16-27-14-12-25(13-15-27)23(31)26-18-29(25)20-8-4-3-5-9-20/h3-11H,1,12-18H2,2H3,(H,26,31). The number of carbonyl (C=O) groups excluding carboxylic acids is 1. The summed E-state index contributed by atoms with van der Waals surface area (Å²) in [7, 11) is 0. The van der Waals surface area contributed by atoms with E-state index >= 15 is 0 Å². The molecule has 2 aliphatic rings. The van der Waals surface area contributed by atoms with Gasteiger partial charge in [0.15, 0.2) is 0 Å². The lowest BCUT2D eigenvalue weighted by Gasteiger charge is -2.43. The molecule has 2 fully saturated rings. The number of nitrogens with zero attached hydrogens (tertiary/aromatic N) is 4. The van der Waals surface area contributed by atoms with Gasteiger partial charge in [0.05, 0.1) is 17.7 Å². The Kier molecular flexibility index (Phi) is 5.13. The summed E-state index contributed by atoms with van der Waals surface area (Å²) in [6.07, 6.45) is 1.55. The third-order valence-corrected chi connectivity index (χ3v) is 6.95. The number of rotatable bonds is 5. The summed E-state index contributed by atoms with van der Waals surface area (Å²) in [6, 6.07) is 18.0. The van der Waals surface area contributed by atoms with E-state index in [9.17, 15) is 9.59 Å². The van der Waals surface area contributed by atoms with E-state index in [0.717, 1.165) is 54.9 Å². The summed E-state index contributed by atoms with van der Waals surface area (Å²) in [5, 5.41) is 3.05. The number of allylic oxidation sites excluding steroid dienone is 1. The molecule has 1 amide bonds. The molecule has 166 valence electrons. The quantitative estimate of drug-likeness (QED) is 0.675. The van der Waals surface area contributed by atoms with E-state index in [1.54, 1.807) is 4.57 Å². The van der Waals surface area contributed by atoms with Crippen molar-refractivity contribution in [1.29, 1.82) is 0 Å². The molecule has 7 heteroatoms. The van der Waals surface area contributed by atoms with E-state index in [0.29, 0.717) is 13.2 Å². The fourth-order valence-electron chi connectivity index (χ4n) is 5.21. The van der Waals surface area contributed by atoms with Crippen molar-refractivity contribution in [3.8, 4) is 0 Å². The maximum Gasteiger partial charge on any atom is 0.333 e. The van der Waals surface area contributed by atoms with Crippen LogP contribution in [0.15, 0.2) is 66.0 Å². The van der Waals surface area contributed by atoms with Crippen molar-refractivity contribution in [3.05, 3.63) is 71.7 Å². The Labute approximate surface area is 187 Å². The minimum Gasteiger partial charge on any atom is -0.339 e. The zero-order chi connectivity index (χ0) is 22.3. The average Bonchev–Trinajstić information content (AvgIpc) is 3.27. The second kappa shape index (κ2) is 7.98. The molecule has 0 saturated carbocycles. The third kappa shape index (κ3) is 3.24. The Morgan fingerprint density at radius 3 is 2.31 bits per heavy atom. The van der Waals surface area contributed by atoms with Gasteiger partial charge in [0, 0.05) is 37.6 Å². The number of hydrogen-bond donors (Lipinski definition) is 1. The van der Waals surface area contributed by atoms with E-state index < -0.39 is 5.54 Å². The number of piperidine rings is 1. The highest BCUT2D eigenvalue weighted by Crippen LogP contribution is 2.36. The molecule has 1 N–H and O–H groups in total. The number of carbonyl (C=O) groups is 1. The topological polar surface area (TPSA) is 62.5 Å². The second-order valence-corrected chi connectivity index (χ2v) is 8.79. The Balaban J connectivity index is 1.31. The zero-order valence-electron chi connectivity index (χ0n) is 18.5. The lowest BCUT2D eigenvalue weighted by Crippen LogP contribution is -2.56. The van der Waals surface area contributed by atoms with Crippen LogP contribution in [-0.2, 0) is 11.3 Å². The van der Waals surface area contributed by atoms with E-state index in [1.807, 2.05) is 54.0 Å². The van der Waals surface area contributed by atoms with Crippen molar-refractivity contribution in [2.75, 3.05) is 31.2 Å². The molecule has 32 heavy (non-hydrogen) atoms. The van der Waals surface area contributed by atoms with Crippen molar-refractivity contribution in [2.45, 2.75) is 31.8 Å². The summed E-state index contributed by atoms with van der Waals surface area (Å²) in [4.78, 5) is 30.5. The van der Waals surface area contributed by atoms with Crippen molar-refractivity contribution < 1.29 is 4.79 Å². The summed E-state index contributed by atoms with van der Waals surface area (Å²) < 4.78 is 3.52. The van der Waals surface area contributed by atoms with Gasteiger partial charge in [-0.3, -0.25) is 13.9 Å². The number of para-hydroxylation sites is 3. The van der Waals surface area contributed by atoms with Crippen LogP contribution in [0.4, 0.5) is 5.69 Å². The molecule has 3 aromatic rings. The van der Waals surface area contributed by atoms with Gasteiger partial charge in [0.25, 0.3) is 0 Å². The molecular weight excluding hydrogens is 402 g/mol. The summed E-state index contributed by atoms with van der Waals surface area (Å²) in [5.74, 6) is 0.127. The Morgan fingerprint density at radius 1 is 0.969 bits per heavy atom. The van der Waals surface area contributed by atoms with Crippen molar-refractivity contribution in [3.63, 3.8) is 0 Å². The van der Waals surface area contributed by atoms with Crippen LogP contribution in [-0.4, -0.2) is 51.8 Å². The van der Waals surface area contributed by atoms with Crippen LogP contribution in [0.25, 0.3) is 16.7 Å². The molecule has 2 saturated heterocycles. The molecule has 1 spiro atoms. The molecule has 0 unspecified atom stereocenters. The maximum absolute atomic E-state index is 13.0. The fourth-order valence-corrected chi connectivity index (χ4v) is 5.21. The molecule has 0 atom stereocenters. The molecule has 5 rings (SSSR count). The highest BCUT2D eigenvalue weighted by atomic mass is 16.2. The number of amides is 1. The van der Waals surface area contributed by atoms with Crippen LogP contribution < -0.4 is 15.9 Å². The average molecular weight is 432 g/mol. The molecule has 7 nitrogen and oxygen atoms in total. The molecule has 0 radical (unpaired) electrons. The van der Waals surface area contributed by atoms with Gasteiger partial charge in [-0.15, -0.1) is 0 Å². The SMILES string of the molecule is C=C(C)n1c(=O)n(CCN2CCC3(CC2)C(=O)NCN3c2ccccc2)c2ccccc21. The third-order valence-electron chi connectivity index (χ3n) is 6.95. The molecule has 1 aromatic heterocycles. The molecule has 2 aromatic carbocycles. The number of fused-ring (bicyclic) bond motifs is 1. The lowest BCUT2D eigenvalue weighted by molar-refractivity contribution is -0.125. The predicted octanol–water partition coefficient (Wildman–Crippen LogP) is 2.72. The van der Waals surface area contributed by atoms with Crippen molar-refractivity contribution >= 4 is 28.3 Å². The summed E-state index contributed by atoms with van der Waals surface area (Å²) in [6.45, 7) is 9.42. The van der Waals surface area contributed by atoms with Gasteiger partial charge >= 0.3 is 5.69 Å². The Bertz CT molecular complexity index is 1220. The van der Waals surface area contributed by atoms with Gasteiger partial charge in [0.1, 0.15) is 5.54 Å². The van der Waals surface area contributed by atoms with Crippen LogP contribution in [0.3, 0.4) is 0 Å². The summed E-state index contributed by atoms with van der Waals surface area (Å²) >= 11 is 0. The minimum atomic E-state index is -0.481. The number of likely N-dealkylation sites (tertiary alicyclic amines) is 1. The van der Waals surface area contributed by atoms with Crippen LogP contribution in [0.2, 0.25) is 0 Å². The van der Waals surface area contributed by atoms with Crippen LogP contribution in [0.5, 0.6) is 0 Å².